The zero-order chi connectivity index (χ0) is 8.43. The number of hydrogen-bond acceptors (Lipinski definition) is 4. The lowest BCUT2D eigenvalue weighted by molar-refractivity contribution is 0.777. The molecule has 1 rings (SSSR count). The van der Waals surface area contributed by atoms with Gasteiger partial charge < -0.3 is 5.43 Å². The Labute approximate surface area is 69.0 Å². The first-order valence-electron chi connectivity index (χ1n) is 2.92. The van der Waals surface area contributed by atoms with Gasteiger partial charge in [0.15, 0.2) is 0 Å². The van der Waals surface area contributed by atoms with E-state index in [-0.39, 0.29) is 13.2 Å². The van der Waals surface area contributed by atoms with Gasteiger partial charge in [0, 0.05) is 13.1 Å². The molecule has 0 aliphatic carbocycles. The molecule has 12 heavy (non-hydrogen) atoms. The van der Waals surface area contributed by atoms with Gasteiger partial charge in [0.25, 0.3) is 5.56 Å². The number of rotatable bonds is 1. The number of hydrazine groups is 1. The number of anilines is 1. The molecule has 0 saturated carbocycles. The van der Waals surface area contributed by atoms with E-state index in [1.54, 1.807) is 0 Å². The highest BCUT2D eigenvalue weighted by Crippen LogP contribution is 1.86. The summed E-state index contributed by atoms with van der Waals surface area (Å²) in [6.45, 7) is 0. The van der Waals surface area contributed by atoms with Crippen LogP contribution in [0.25, 0.3) is 0 Å². The Kier molecular flexibility index (Phi) is 3.24. The molecule has 0 saturated heterocycles. The van der Waals surface area contributed by atoms with Gasteiger partial charge >= 0.3 is 5.69 Å². The van der Waals surface area contributed by atoms with Gasteiger partial charge in [-0.25, -0.2) is 10.6 Å². The number of aromatic amines is 1. The second-order valence-corrected chi connectivity index (χ2v) is 2.03. The molecule has 1 aromatic heterocycles. The van der Waals surface area contributed by atoms with Crippen LogP contribution in [0.1, 0.15) is 7.43 Å². The lowest BCUT2D eigenvalue weighted by Crippen LogP contribution is -2.33. The molecule has 4 N–H and O–H groups in total. The second kappa shape index (κ2) is 3.72. The van der Waals surface area contributed by atoms with Crippen LogP contribution in [0.3, 0.4) is 0 Å². The van der Waals surface area contributed by atoms with Crippen LogP contribution in [0.2, 0.25) is 0 Å². The standard InChI is InChI=1S/C5H8N4O2.CH4/c1-9-4(10)2-3(8-6)7-5(9)11;/h2,8H,6H2,1H3,(H,7,11);1H4. The molecule has 6 nitrogen and oxygen atoms in total. The van der Waals surface area contributed by atoms with Crippen LogP contribution in [0, 0.1) is 0 Å². The smallest absolute Gasteiger partial charge is 0.310 e. The van der Waals surface area contributed by atoms with Gasteiger partial charge in [-0.05, 0) is 0 Å². The predicted octanol–water partition coefficient (Wildman–Crippen LogP) is -1.00. The van der Waals surface area contributed by atoms with Gasteiger partial charge in [-0.1, -0.05) is 7.43 Å². The lowest BCUT2D eigenvalue weighted by Gasteiger charge is -1.99. The van der Waals surface area contributed by atoms with E-state index in [0.29, 0.717) is 0 Å². The van der Waals surface area contributed by atoms with Crippen LogP contribution in [-0.2, 0) is 7.05 Å². The lowest BCUT2D eigenvalue weighted by atomic mass is 10.6. The zero-order valence-corrected chi connectivity index (χ0v) is 5.92. The Balaban J connectivity index is 0.00000121. The van der Waals surface area contributed by atoms with E-state index in [0.717, 1.165) is 4.57 Å². The van der Waals surface area contributed by atoms with Gasteiger partial charge in [-0.2, -0.15) is 0 Å². The van der Waals surface area contributed by atoms with Crippen molar-refractivity contribution in [3.63, 3.8) is 0 Å². The summed E-state index contributed by atoms with van der Waals surface area (Å²) >= 11 is 0. The van der Waals surface area contributed by atoms with Crippen molar-refractivity contribution in [3.05, 3.63) is 26.9 Å². The zero-order valence-electron chi connectivity index (χ0n) is 5.92. The number of hydrogen-bond donors (Lipinski definition) is 3. The number of nitrogens with two attached hydrogens (primary N) is 1. The van der Waals surface area contributed by atoms with Crippen LogP contribution in [0.4, 0.5) is 5.82 Å². The summed E-state index contributed by atoms with van der Waals surface area (Å²) in [5.74, 6) is 5.18. The fraction of sp³-hybridized carbons (Fsp3) is 0.333. The molecule has 0 fully saturated rings. The summed E-state index contributed by atoms with van der Waals surface area (Å²) in [6.07, 6.45) is 0. The molecule has 0 radical (unpaired) electrons. The molecule has 0 aliphatic rings. The average molecular weight is 172 g/mol. The minimum absolute atomic E-state index is 0. The first-order chi connectivity index (χ1) is 5.15. The first kappa shape index (κ1) is 10.4. The Morgan fingerprint density at radius 2 is 2.17 bits per heavy atom. The summed E-state index contributed by atoms with van der Waals surface area (Å²) in [7, 11) is 1.38. The molecule has 0 bridgehead atoms. The molecule has 1 heterocycles. The largest absolute Gasteiger partial charge is 0.329 e. The van der Waals surface area contributed by atoms with Crippen molar-refractivity contribution in [1.29, 1.82) is 0 Å². The van der Waals surface area contributed by atoms with E-state index in [1.807, 2.05) is 0 Å². The van der Waals surface area contributed by atoms with E-state index in [9.17, 15) is 9.59 Å². The van der Waals surface area contributed by atoms with Crippen LogP contribution >= 0.6 is 0 Å². The number of nitrogen functional groups attached to an aromatic ring is 1. The van der Waals surface area contributed by atoms with Crippen LogP contribution in [-0.4, -0.2) is 9.55 Å². The van der Waals surface area contributed by atoms with Crippen LogP contribution in [0.5, 0.6) is 0 Å². The van der Waals surface area contributed by atoms with Gasteiger partial charge in [0.05, 0.1) is 0 Å². The molecule has 0 spiro atoms. The molecular formula is C6H12N4O2. The van der Waals surface area contributed by atoms with Crippen molar-refractivity contribution in [2.75, 3.05) is 5.43 Å². The molecule has 68 valence electrons. The van der Waals surface area contributed by atoms with Gasteiger partial charge in [-0.15, -0.1) is 0 Å². The van der Waals surface area contributed by atoms with Gasteiger partial charge in [0.1, 0.15) is 5.82 Å². The fourth-order valence-corrected chi connectivity index (χ4v) is 0.633. The predicted molar refractivity (Wildman–Crippen MR) is 46.8 cm³/mol. The van der Waals surface area contributed by atoms with Crippen molar-refractivity contribution < 1.29 is 0 Å². The third-order valence-electron chi connectivity index (χ3n) is 1.30. The average Bonchev–Trinajstić information content (AvgIpc) is 1.99. The van der Waals surface area contributed by atoms with Gasteiger partial charge in [0.2, 0.25) is 0 Å². The van der Waals surface area contributed by atoms with E-state index in [1.165, 1.54) is 13.1 Å². The highest BCUT2D eigenvalue weighted by molar-refractivity contribution is 5.29. The molecular weight excluding hydrogens is 160 g/mol. The van der Waals surface area contributed by atoms with E-state index < -0.39 is 11.2 Å². The third kappa shape index (κ3) is 1.73. The van der Waals surface area contributed by atoms with Crippen LogP contribution in [0.15, 0.2) is 15.7 Å². The highest BCUT2D eigenvalue weighted by Gasteiger charge is 1.96. The number of H-pyrrole nitrogens is 1. The minimum atomic E-state index is -0.495. The first-order valence-corrected chi connectivity index (χ1v) is 2.92. The minimum Gasteiger partial charge on any atom is -0.310 e. The Hall–Kier alpha value is -1.56. The molecule has 0 aliphatic heterocycles. The Bertz CT molecular complexity index is 333. The molecule has 0 atom stereocenters. The molecule has 6 heteroatoms. The van der Waals surface area contributed by atoms with E-state index in [4.69, 9.17) is 5.84 Å². The monoisotopic (exact) mass is 172 g/mol. The number of aromatic nitrogens is 2. The topological polar surface area (TPSA) is 92.9 Å². The van der Waals surface area contributed by atoms with Crippen molar-refractivity contribution in [3.8, 4) is 0 Å². The summed E-state index contributed by atoms with van der Waals surface area (Å²) in [5.41, 5.74) is 1.27. The fourth-order valence-electron chi connectivity index (χ4n) is 0.633. The van der Waals surface area contributed by atoms with Crippen molar-refractivity contribution in [1.82, 2.24) is 9.55 Å². The SMILES string of the molecule is C.Cn1c(=O)cc(NN)[nH]c1=O. The maximum absolute atomic E-state index is 10.9. The van der Waals surface area contributed by atoms with Crippen molar-refractivity contribution >= 4 is 5.82 Å². The van der Waals surface area contributed by atoms with Gasteiger partial charge in [-0.3, -0.25) is 14.3 Å². The highest BCUT2D eigenvalue weighted by atomic mass is 16.2. The second-order valence-electron chi connectivity index (χ2n) is 2.03. The summed E-state index contributed by atoms with van der Waals surface area (Å²) in [4.78, 5) is 24.0. The van der Waals surface area contributed by atoms with E-state index >= 15 is 0 Å². The third-order valence-corrected chi connectivity index (χ3v) is 1.30. The maximum Gasteiger partial charge on any atom is 0.329 e. The summed E-state index contributed by atoms with van der Waals surface area (Å²) in [5, 5.41) is 0. The summed E-state index contributed by atoms with van der Waals surface area (Å²) < 4.78 is 0.945. The number of nitrogens with one attached hydrogen (secondary N) is 2. The quantitative estimate of drug-likeness (QED) is 0.374. The maximum atomic E-state index is 10.9. The van der Waals surface area contributed by atoms with Crippen molar-refractivity contribution in [2.24, 2.45) is 12.9 Å². The number of nitrogens with zero attached hydrogens (tertiary/aromatic N) is 1. The van der Waals surface area contributed by atoms with E-state index in [2.05, 4.69) is 10.4 Å². The molecule has 0 aromatic carbocycles. The normalized spacial score (nSPS) is 8.83. The Morgan fingerprint density at radius 3 is 2.58 bits per heavy atom. The molecule has 0 amide bonds. The Morgan fingerprint density at radius 1 is 1.58 bits per heavy atom. The van der Waals surface area contributed by atoms with Crippen LogP contribution < -0.4 is 22.5 Å². The molecule has 0 unspecified atom stereocenters. The molecule has 1 aromatic rings. The summed E-state index contributed by atoms with van der Waals surface area (Å²) in [6, 6.07) is 1.20. The van der Waals surface area contributed by atoms with Crippen molar-refractivity contribution in [2.45, 2.75) is 7.43 Å².